The van der Waals surface area contributed by atoms with E-state index in [0.29, 0.717) is 11.7 Å². The van der Waals surface area contributed by atoms with Crippen molar-refractivity contribution in [3.8, 4) is 5.69 Å². The molecule has 2 N–H and O–H groups in total. The number of rotatable bonds is 2. The van der Waals surface area contributed by atoms with Crippen LogP contribution in [0.5, 0.6) is 0 Å². The summed E-state index contributed by atoms with van der Waals surface area (Å²) in [7, 11) is 0. The van der Waals surface area contributed by atoms with Gasteiger partial charge in [0.25, 0.3) is 0 Å². The molecule has 0 atom stereocenters. The minimum absolute atomic E-state index is 0.521. The van der Waals surface area contributed by atoms with Gasteiger partial charge in [0.2, 0.25) is 0 Å². The van der Waals surface area contributed by atoms with Crippen LogP contribution < -0.4 is 5.73 Å². The van der Waals surface area contributed by atoms with E-state index in [2.05, 4.69) is 44.1 Å². The third-order valence-corrected chi connectivity index (χ3v) is 2.76. The Kier molecular flexibility index (Phi) is 2.69. The SMILES string of the molecule is Cc1ccc(-n2ccc(N)n2)cc1C(C)C. The fourth-order valence-electron chi connectivity index (χ4n) is 1.87. The number of nitrogens with two attached hydrogens (primary N) is 1. The van der Waals surface area contributed by atoms with Crippen molar-refractivity contribution in [2.75, 3.05) is 5.73 Å². The summed E-state index contributed by atoms with van der Waals surface area (Å²) in [4.78, 5) is 0. The average Bonchev–Trinajstić information content (AvgIpc) is 2.65. The van der Waals surface area contributed by atoms with Gasteiger partial charge < -0.3 is 5.73 Å². The van der Waals surface area contributed by atoms with Crippen molar-refractivity contribution in [3.63, 3.8) is 0 Å². The molecule has 2 aromatic rings. The van der Waals surface area contributed by atoms with Gasteiger partial charge in [0.15, 0.2) is 0 Å². The first kappa shape index (κ1) is 10.7. The molecule has 0 aliphatic rings. The van der Waals surface area contributed by atoms with E-state index in [1.807, 2.05) is 6.20 Å². The van der Waals surface area contributed by atoms with Gasteiger partial charge in [-0.25, -0.2) is 4.68 Å². The van der Waals surface area contributed by atoms with E-state index < -0.39 is 0 Å². The summed E-state index contributed by atoms with van der Waals surface area (Å²) in [5, 5.41) is 4.21. The molecule has 0 fully saturated rings. The van der Waals surface area contributed by atoms with Gasteiger partial charge in [-0.3, -0.25) is 0 Å². The van der Waals surface area contributed by atoms with Crippen molar-refractivity contribution >= 4 is 5.82 Å². The minimum Gasteiger partial charge on any atom is -0.382 e. The summed E-state index contributed by atoms with van der Waals surface area (Å²) in [6.45, 7) is 6.53. The molecule has 0 aliphatic carbocycles. The van der Waals surface area contributed by atoms with Crippen molar-refractivity contribution in [1.29, 1.82) is 0 Å². The fourth-order valence-corrected chi connectivity index (χ4v) is 1.87. The highest BCUT2D eigenvalue weighted by Crippen LogP contribution is 2.22. The number of nitrogen functional groups attached to an aromatic ring is 1. The quantitative estimate of drug-likeness (QED) is 0.837. The van der Waals surface area contributed by atoms with Crippen molar-refractivity contribution in [2.24, 2.45) is 0 Å². The molecule has 0 bridgehead atoms. The molecule has 0 saturated heterocycles. The summed E-state index contributed by atoms with van der Waals surface area (Å²) in [6.07, 6.45) is 1.88. The fraction of sp³-hybridized carbons (Fsp3) is 0.308. The Hall–Kier alpha value is -1.77. The zero-order valence-electron chi connectivity index (χ0n) is 9.94. The third-order valence-electron chi connectivity index (χ3n) is 2.76. The number of hydrogen-bond acceptors (Lipinski definition) is 2. The second-order valence-corrected chi connectivity index (χ2v) is 4.38. The molecule has 1 aromatic heterocycles. The van der Waals surface area contributed by atoms with Crippen LogP contribution in [-0.2, 0) is 0 Å². The predicted octanol–water partition coefficient (Wildman–Crippen LogP) is 2.89. The van der Waals surface area contributed by atoms with Crippen LogP contribution in [0.3, 0.4) is 0 Å². The summed E-state index contributed by atoms with van der Waals surface area (Å²) in [5.41, 5.74) is 9.34. The van der Waals surface area contributed by atoms with E-state index in [0.717, 1.165) is 5.69 Å². The van der Waals surface area contributed by atoms with Crippen LogP contribution in [0.2, 0.25) is 0 Å². The second-order valence-electron chi connectivity index (χ2n) is 4.38. The maximum atomic E-state index is 5.61. The molecule has 0 saturated carbocycles. The third kappa shape index (κ3) is 1.94. The highest BCUT2D eigenvalue weighted by molar-refractivity contribution is 5.42. The van der Waals surface area contributed by atoms with E-state index in [-0.39, 0.29) is 0 Å². The molecule has 3 nitrogen and oxygen atoms in total. The Balaban J connectivity index is 2.47. The molecule has 1 heterocycles. The zero-order chi connectivity index (χ0) is 11.7. The topological polar surface area (TPSA) is 43.8 Å². The van der Waals surface area contributed by atoms with Crippen LogP contribution in [0.4, 0.5) is 5.82 Å². The van der Waals surface area contributed by atoms with E-state index >= 15 is 0 Å². The van der Waals surface area contributed by atoms with Crippen molar-refractivity contribution < 1.29 is 0 Å². The van der Waals surface area contributed by atoms with Gasteiger partial charge in [0.05, 0.1) is 5.69 Å². The standard InChI is InChI=1S/C13H17N3/c1-9(2)12-8-11(5-4-10(12)3)16-7-6-13(14)15-16/h4-9H,1-3H3,(H2,14,15). The molecule has 0 unspecified atom stereocenters. The monoisotopic (exact) mass is 215 g/mol. The molecule has 0 aliphatic heterocycles. The Bertz CT molecular complexity index is 498. The minimum atomic E-state index is 0.521. The summed E-state index contributed by atoms with van der Waals surface area (Å²) >= 11 is 0. The maximum absolute atomic E-state index is 5.61. The van der Waals surface area contributed by atoms with Crippen LogP contribution in [0.1, 0.15) is 30.9 Å². The van der Waals surface area contributed by atoms with Crippen LogP contribution in [0.15, 0.2) is 30.5 Å². The largest absolute Gasteiger partial charge is 0.382 e. The molecule has 84 valence electrons. The lowest BCUT2D eigenvalue weighted by atomic mass is 9.97. The first-order chi connectivity index (χ1) is 7.58. The van der Waals surface area contributed by atoms with Crippen LogP contribution in [0, 0.1) is 6.92 Å². The smallest absolute Gasteiger partial charge is 0.145 e. The normalized spacial score (nSPS) is 11.0. The number of nitrogens with zero attached hydrogens (tertiary/aromatic N) is 2. The Morgan fingerprint density at radius 3 is 2.56 bits per heavy atom. The lowest BCUT2D eigenvalue weighted by Gasteiger charge is -2.11. The lowest BCUT2D eigenvalue weighted by molar-refractivity contribution is 0.838. The highest BCUT2D eigenvalue weighted by atomic mass is 15.3. The molecule has 2 rings (SSSR count). The molecular formula is C13H17N3. The van der Waals surface area contributed by atoms with Gasteiger partial charge in [0, 0.05) is 12.3 Å². The van der Waals surface area contributed by atoms with Crippen LogP contribution >= 0.6 is 0 Å². The predicted molar refractivity (Wildman–Crippen MR) is 66.8 cm³/mol. The van der Waals surface area contributed by atoms with Crippen LogP contribution in [0.25, 0.3) is 5.69 Å². The highest BCUT2D eigenvalue weighted by Gasteiger charge is 2.06. The van der Waals surface area contributed by atoms with Gasteiger partial charge >= 0.3 is 0 Å². The Labute approximate surface area is 95.9 Å². The van der Waals surface area contributed by atoms with E-state index in [4.69, 9.17) is 5.73 Å². The van der Waals surface area contributed by atoms with Gasteiger partial charge in [0.1, 0.15) is 5.82 Å². The van der Waals surface area contributed by atoms with Gasteiger partial charge in [-0.15, -0.1) is 0 Å². The molecule has 0 radical (unpaired) electrons. The first-order valence-corrected chi connectivity index (χ1v) is 5.50. The number of hydrogen-bond donors (Lipinski definition) is 1. The van der Waals surface area contributed by atoms with E-state index in [1.165, 1.54) is 11.1 Å². The zero-order valence-corrected chi connectivity index (χ0v) is 9.94. The Morgan fingerprint density at radius 2 is 2.00 bits per heavy atom. The molecule has 3 heteroatoms. The molecule has 1 aromatic carbocycles. The van der Waals surface area contributed by atoms with Crippen LogP contribution in [-0.4, -0.2) is 9.78 Å². The van der Waals surface area contributed by atoms with Crippen molar-refractivity contribution in [2.45, 2.75) is 26.7 Å². The number of aryl methyl sites for hydroxylation is 1. The van der Waals surface area contributed by atoms with E-state index in [9.17, 15) is 0 Å². The summed E-state index contributed by atoms with van der Waals surface area (Å²) < 4.78 is 1.81. The average molecular weight is 215 g/mol. The molecule has 0 spiro atoms. The van der Waals surface area contributed by atoms with Gasteiger partial charge in [-0.1, -0.05) is 19.9 Å². The second kappa shape index (κ2) is 4.00. The Morgan fingerprint density at radius 1 is 1.25 bits per heavy atom. The number of aromatic nitrogens is 2. The van der Waals surface area contributed by atoms with Crippen molar-refractivity contribution in [1.82, 2.24) is 9.78 Å². The molecular weight excluding hydrogens is 198 g/mol. The van der Waals surface area contributed by atoms with Gasteiger partial charge in [-0.05, 0) is 36.1 Å². The summed E-state index contributed by atoms with van der Waals surface area (Å²) in [5.74, 6) is 1.07. The van der Waals surface area contributed by atoms with E-state index in [1.54, 1.807) is 10.7 Å². The summed E-state index contributed by atoms with van der Waals surface area (Å²) in [6, 6.07) is 8.16. The van der Waals surface area contributed by atoms with Crippen molar-refractivity contribution in [3.05, 3.63) is 41.6 Å². The number of anilines is 1. The lowest BCUT2D eigenvalue weighted by Crippen LogP contribution is -1.99. The number of benzene rings is 1. The first-order valence-electron chi connectivity index (χ1n) is 5.50. The maximum Gasteiger partial charge on any atom is 0.145 e. The molecule has 16 heavy (non-hydrogen) atoms. The van der Waals surface area contributed by atoms with Gasteiger partial charge in [-0.2, -0.15) is 5.10 Å². The molecule has 0 amide bonds.